The molecule has 2 aromatic carbocycles. The van der Waals surface area contributed by atoms with Gasteiger partial charge >= 0.3 is 5.97 Å². The average molecular weight is 373 g/mol. The number of hydrogen-bond acceptors (Lipinski definition) is 4. The van der Waals surface area contributed by atoms with Gasteiger partial charge in [0.15, 0.2) is 6.61 Å². The lowest BCUT2D eigenvalue weighted by Gasteiger charge is -2.17. The van der Waals surface area contributed by atoms with E-state index in [0.29, 0.717) is 12.1 Å². The topological polar surface area (TPSA) is 46.6 Å². The van der Waals surface area contributed by atoms with Crippen LogP contribution in [0.2, 0.25) is 0 Å². The van der Waals surface area contributed by atoms with Crippen molar-refractivity contribution in [1.29, 1.82) is 0 Å². The largest absolute Gasteiger partial charge is 0.452 e. The van der Waals surface area contributed by atoms with Crippen molar-refractivity contribution in [2.24, 2.45) is 0 Å². The molecule has 4 nitrogen and oxygen atoms in total. The highest BCUT2D eigenvalue weighted by Gasteiger charge is 2.11. The third-order valence-corrected chi connectivity index (χ3v) is 4.35. The Morgan fingerprint density at radius 1 is 1.19 bits per heavy atom. The normalized spacial score (nSPS) is 10.7. The Labute approximate surface area is 156 Å². The summed E-state index contributed by atoms with van der Waals surface area (Å²) in [6.45, 7) is 0.0932. The summed E-state index contributed by atoms with van der Waals surface area (Å²) in [5.74, 6) is -1.34. The molecule has 136 valence electrons. The fraction of sp³-hybridized carbons (Fsp3) is 0.200. The number of amides is 1. The lowest BCUT2D eigenvalue weighted by molar-refractivity contribution is -0.147. The lowest BCUT2D eigenvalue weighted by Crippen LogP contribution is -2.30. The molecule has 0 fully saturated rings. The molecule has 2 rings (SSSR count). The highest BCUT2D eigenvalue weighted by atomic mass is 32.2. The molecule has 0 atom stereocenters. The van der Waals surface area contributed by atoms with Crippen molar-refractivity contribution in [1.82, 2.24) is 4.90 Å². The van der Waals surface area contributed by atoms with Gasteiger partial charge in [-0.25, -0.2) is 9.18 Å². The number of likely N-dealkylation sites (N-methyl/N-ethyl adjacent to an activating group) is 1. The molecular weight excluding hydrogens is 353 g/mol. The monoisotopic (exact) mass is 373 g/mol. The van der Waals surface area contributed by atoms with E-state index in [-0.39, 0.29) is 18.3 Å². The summed E-state index contributed by atoms with van der Waals surface area (Å²) in [6.07, 6.45) is 4.61. The molecule has 0 aliphatic rings. The third kappa shape index (κ3) is 6.37. The zero-order valence-corrected chi connectivity index (χ0v) is 15.5. The van der Waals surface area contributed by atoms with Gasteiger partial charge in [-0.15, -0.1) is 11.8 Å². The predicted molar refractivity (Wildman–Crippen MR) is 101 cm³/mol. The first-order valence-electron chi connectivity index (χ1n) is 7.95. The van der Waals surface area contributed by atoms with Crippen molar-refractivity contribution in [2.75, 3.05) is 19.9 Å². The fourth-order valence-corrected chi connectivity index (χ4v) is 2.57. The van der Waals surface area contributed by atoms with Gasteiger partial charge in [-0.1, -0.05) is 24.3 Å². The van der Waals surface area contributed by atoms with Gasteiger partial charge in [0.25, 0.3) is 5.91 Å². The first kappa shape index (κ1) is 19.7. The average Bonchev–Trinajstić information content (AvgIpc) is 2.65. The number of carbonyl (C=O) groups excluding carboxylic acids is 2. The molecule has 0 saturated carbocycles. The van der Waals surface area contributed by atoms with Crippen LogP contribution in [0.15, 0.2) is 59.5 Å². The van der Waals surface area contributed by atoms with E-state index in [0.717, 1.165) is 10.5 Å². The van der Waals surface area contributed by atoms with E-state index in [1.165, 1.54) is 29.2 Å². The minimum atomic E-state index is -0.652. The van der Waals surface area contributed by atoms with Gasteiger partial charge in [0.1, 0.15) is 5.82 Å². The van der Waals surface area contributed by atoms with E-state index in [9.17, 15) is 14.0 Å². The van der Waals surface area contributed by atoms with Crippen LogP contribution < -0.4 is 0 Å². The zero-order chi connectivity index (χ0) is 18.9. The Kier molecular flexibility index (Phi) is 7.41. The predicted octanol–water partition coefficient (Wildman–Crippen LogP) is 3.76. The molecule has 0 aliphatic heterocycles. The number of rotatable bonds is 7. The second-order valence-electron chi connectivity index (χ2n) is 5.59. The van der Waals surface area contributed by atoms with Crippen LogP contribution in [0.25, 0.3) is 6.08 Å². The standard InChI is InChI=1S/C20H20FNO3S/c1-22(13-16-6-9-18(26-2)10-7-16)19(23)14-25-20(24)11-8-15-4-3-5-17(21)12-15/h3-12H,13-14H2,1-2H3/b11-8+. The maximum absolute atomic E-state index is 13.1. The van der Waals surface area contributed by atoms with Crippen LogP contribution in [-0.4, -0.2) is 36.7 Å². The number of esters is 1. The molecule has 0 heterocycles. The first-order valence-corrected chi connectivity index (χ1v) is 9.17. The van der Waals surface area contributed by atoms with Crippen LogP contribution in [0, 0.1) is 5.82 Å². The van der Waals surface area contributed by atoms with Crippen LogP contribution in [0.4, 0.5) is 4.39 Å². The van der Waals surface area contributed by atoms with Crippen molar-refractivity contribution in [3.05, 3.63) is 71.6 Å². The van der Waals surface area contributed by atoms with Crippen LogP contribution in [0.1, 0.15) is 11.1 Å². The molecule has 2 aromatic rings. The van der Waals surface area contributed by atoms with Gasteiger partial charge in [0, 0.05) is 24.6 Å². The van der Waals surface area contributed by atoms with E-state index in [1.807, 2.05) is 30.5 Å². The molecule has 0 radical (unpaired) electrons. The molecule has 0 saturated heterocycles. The maximum atomic E-state index is 13.1. The summed E-state index contributed by atoms with van der Waals surface area (Å²) < 4.78 is 18.0. The molecule has 0 N–H and O–H groups in total. The summed E-state index contributed by atoms with van der Waals surface area (Å²) in [5, 5.41) is 0. The Morgan fingerprint density at radius 3 is 2.58 bits per heavy atom. The Balaban J connectivity index is 1.80. The van der Waals surface area contributed by atoms with Crippen molar-refractivity contribution >= 4 is 29.7 Å². The molecule has 0 bridgehead atoms. The number of hydrogen-bond donors (Lipinski definition) is 0. The quantitative estimate of drug-likeness (QED) is 0.421. The van der Waals surface area contributed by atoms with Gasteiger partial charge in [0.2, 0.25) is 0 Å². The summed E-state index contributed by atoms with van der Waals surface area (Å²) in [5.41, 5.74) is 1.54. The highest BCUT2D eigenvalue weighted by Crippen LogP contribution is 2.15. The summed E-state index contributed by atoms with van der Waals surface area (Å²) >= 11 is 1.65. The zero-order valence-electron chi connectivity index (χ0n) is 14.6. The van der Waals surface area contributed by atoms with Crippen LogP contribution >= 0.6 is 11.8 Å². The van der Waals surface area contributed by atoms with E-state index < -0.39 is 5.97 Å². The molecule has 0 unspecified atom stereocenters. The van der Waals surface area contributed by atoms with E-state index in [4.69, 9.17) is 4.74 Å². The minimum Gasteiger partial charge on any atom is -0.452 e. The number of thioether (sulfide) groups is 1. The second-order valence-corrected chi connectivity index (χ2v) is 6.47. The van der Waals surface area contributed by atoms with Gasteiger partial charge in [-0.2, -0.15) is 0 Å². The number of benzene rings is 2. The highest BCUT2D eigenvalue weighted by molar-refractivity contribution is 7.98. The van der Waals surface area contributed by atoms with Crippen LogP contribution in [0.3, 0.4) is 0 Å². The molecule has 0 aliphatic carbocycles. The molecule has 26 heavy (non-hydrogen) atoms. The van der Waals surface area contributed by atoms with E-state index in [2.05, 4.69) is 0 Å². The maximum Gasteiger partial charge on any atom is 0.331 e. The van der Waals surface area contributed by atoms with Gasteiger partial charge in [0.05, 0.1) is 0 Å². The molecule has 1 amide bonds. The van der Waals surface area contributed by atoms with Crippen molar-refractivity contribution in [3.63, 3.8) is 0 Å². The first-order chi connectivity index (χ1) is 12.5. The molecule has 0 aromatic heterocycles. The van der Waals surface area contributed by atoms with Gasteiger partial charge in [-0.3, -0.25) is 4.79 Å². The van der Waals surface area contributed by atoms with E-state index >= 15 is 0 Å². The van der Waals surface area contributed by atoms with Gasteiger partial charge < -0.3 is 9.64 Å². The number of ether oxygens (including phenoxy) is 1. The van der Waals surface area contributed by atoms with E-state index in [1.54, 1.807) is 30.9 Å². The summed E-state index contributed by atoms with van der Waals surface area (Å²) in [7, 11) is 1.65. The number of halogens is 1. The number of nitrogens with zero attached hydrogens (tertiary/aromatic N) is 1. The molecule has 6 heteroatoms. The lowest BCUT2D eigenvalue weighted by atomic mass is 10.2. The van der Waals surface area contributed by atoms with Gasteiger partial charge in [-0.05, 0) is 47.7 Å². The van der Waals surface area contributed by atoms with Crippen LogP contribution in [0.5, 0.6) is 0 Å². The second kappa shape index (κ2) is 9.77. The Bertz CT molecular complexity index is 790. The molecular formula is C20H20FNO3S. The van der Waals surface area contributed by atoms with Crippen molar-refractivity contribution in [2.45, 2.75) is 11.4 Å². The molecule has 0 spiro atoms. The minimum absolute atomic E-state index is 0.300. The Hall–Kier alpha value is -2.60. The third-order valence-electron chi connectivity index (χ3n) is 3.60. The SMILES string of the molecule is CSc1ccc(CN(C)C(=O)COC(=O)/C=C/c2cccc(F)c2)cc1. The summed E-state index contributed by atoms with van der Waals surface area (Å²) in [4.78, 5) is 26.4. The Morgan fingerprint density at radius 2 is 1.92 bits per heavy atom. The number of carbonyl (C=O) groups is 2. The summed E-state index contributed by atoms with van der Waals surface area (Å²) in [6, 6.07) is 13.7. The van der Waals surface area contributed by atoms with Crippen molar-refractivity contribution < 1.29 is 18.7 Å². The van der Waals surface area contributed by atoms with Crippen molar-refractivity contribution in [3.8, 4) is 0 Å². The van der Waals surface area contributed by atoms with Crippen LogP contribution in [-0.2, 0) is 20.9 Å². The smallest absolute Gasteiger partial charge is 0.331 e. The fourth-order valence-electron chi connectivity index (χ4n) is 2.16.